The van der Waals surface area contributed by atoms with Crippen LogP contribution in [0.2, 0.25) is 0 Å². The molecule has 1 fully saturated rings. The molecule has 1 aliphatic rings. The molecule has 8 heteroatoms. The maximum Gasteiger partial charge on any atom is 0.234 e. The van der Waals surface area contributed by atoms with Crippen LogP contribution in [0.1, 0.15) is 33.6 Å². The number of ether oxygens (including phenoxy) is 1. The zero-order chi connectivity index (χ0) is 19.4. The third kappa shape index (κ3) is 7.88. The molecule has 0 bridgehead atoms. The Hall–Kier alpha value is -1.38. The number of amides is 1. The van der Waals surface area contributed by atoms with E-state index < -0.39 is 5.60 Å². The summed E-state index contributed by atoms with van der Waals surface area (Å²) >= 11 is 0. The van der Waals surface area contributed by atoms with E-state index in [9.17, 15) is 9.90 Å². The van der Waals surface area contributed by atoms with Crippen molar-refractivity contribution in [2.45, 2.75) is 39.2 Å². The van der Waals surface area contributed by atoms with E-state index in [0.29, 0.717) is 39.1 Å². The Morgan fingerprint density at radius 1 is 1.15 bits per heavy atom. The third-order valence-electron chi connectivity index (χ3n) is 4.84. The fourth-order valence-electron chi connectivity index (χ4n) is 2.79. The minimum atomic E-state index is -0.733. The lowest BCUT2D eigenvalue weighted by Gasteiger charge is -2.36. The molecule has 1 heterocycles. The summed E-state index contributed by atoms with van der Waals surface area (Å²) in [5, 5.41) is 16.6. The average molecular weight is 372 g/mol. The molecule has 1 amide bonds. The van der Waals surface area contributed by atoms with Crippen molar-refractivity contribution in [3.05, 3.63) is 0 Å². The first-order valence-electron chi connectivity index (χ1n) is 9.71. The topological polar surface area (TPSA) is 89.4 Å². The lowest BCUT2D eigenvalue weighted by atomic mass is 9.98. The molecule has 8 nitrogen and oxygen atoms in total. The van der Waals surface area contributed by atoms with Crippen LogP contribution in [0, 0.1) is 0 Å². The number of hydrogen-bond acceptors (Lipinski definition) is 5. The molecule has 1 rings (SSSR count). The van der Waals surface area contributed by atoms with Crippen molar-refractivity contribution in [2.75, 3.05) is 66.1 Å². The number of aliphatic hydroxyl groups is 1. The molecule has 1 saturated heterocycles. The van der Waals surface area contributed by atoms with Crippen molar-refractivity contribution in [3.8, 4) is 0 Å². The number of aliphatic imine (C=N–C) groups is 1. The molecule has 0 atom stereocenters. The van der Waals surface area contributed by atoms with E-state index in [4.69, 9.17) is 4.74 Å². The quantitative estimate of drug-likeness (QED) is 0.282. The van der Waals surface area contributed by atoms with E-state index in [1.807, 2.05) is 20.8 Å². The summed E-state index contributed by atoms with van der Waals surface area (Å²) in [5.74, 6) is 0.879. The molecule has 0 unspecified atom stereocenters. The SMILES string of the molecule is CCNC(=NCC(O)(CC)CC)N1CCN(CC(=O)NCCOC)CC1. The first-order valence-corrected chi connectivity index (χ1v) is 9.71. The fraction of sp³-hybridized carbons (Fsp3) is 0.889. The van der Waals surface area contributed by atoms with Gasteiger partial charge in [0.2, 0.25) is 5.91 Å². The van der Waals surface area contributed by atoms with Gasteiger partial charge in [0.25, 0.3) is 0 Å². The minimum Gasteiger partial charge on any atom is -0.388 e. The minimum absolute atomic E-state index is 0.0343. The van der Waals surface area contributed by atoms with Crippen LogP contribution in [0.25, 0.3) is 0 Å². The van der Waals surface area contributed by atoms with Gasteiger partial charge in [-0.25, -0.2) is 0 Å². The van der Waals surface area contributed by atoms with Gasteiger partial charge < -0.3 is 25.4 Å². The first-order chi connectivity index (χ1) is 12.5. The van der Waals surface area contributed by atoms with Crippen LogP contribution in [0.3, 0.4) is 0 Å². The van der Waals surface area contributed by atoms with Crippen LogP contribution in [0.15, 0.2) is 4.99 Å². The molecule has 0 aliphatic carbocycles. The fourth-order valence-corrected chi connectivity index (χ4v) is 2.79. The van der Waals surface area contributed by atoms with Gasteiger partial charge in [-0.05, 0) is 19.8 Å². The Balaban J connectivity index is 2.50. The second-order valence-corrected chi connectivity index (χ2v) is 6.71. The van der Waals surface area contributed by atoms with Crippen molar-refractivity contribution in [1.29, 1.82) is 0 Å². The number of methoxy groups -OCH3 is 1. The predicted octanol–water partition coefficient (Wildman–Crippen LogP) is -0.117. The first kappa shape index (κ1) is 22.7. The Morgan fingerprint density at radius 3 is 2.35 bits per heavy atom. The number of nitrogens with zero attached hydrogens (tertiary/aromatic N) is 3. The van der Waals surface area contributed by atoms with Gasteiger partial charge in [-0.3, -0.25) is 14.7 Å². The number of guanidine groups is 1. The van der Waals surface area contributed by atoms with E-state index in [1.54, 1.807) is 7.11 Å². The number of carbonyl (C=O) groups excluding carboxylic acids is 1. The summed E-state index contributed by atoms with van der Waals surface area (Å²) in [6, 6.07) is 0. The highest BCUT2D eigenvalue weighted by molar-refractivity contribution is 5.80. The molecule has 0 saturated carbocycles. The molecule has 0 aromatic rings. The van der Waals surface area contributed by atoms with Crippen molar-refractivity contribution in [2.24, 2.45) is 4.99 Å². The maximum absolute atomic E-state index is 11.9. The van der Waals surface area contributed by atoms with E-state index in [0.717, 1.165) is 38.7 Å². The Bertz CT molecular complexity index is 433. The molecule has 0 spiro atoms. The summed E-state index contributed by atoms with van der Waals surface area (Å²) < 4.78 is 4.94. The number of hydrogen-bond donors (Lipinski definition) is 3. The van der Waals surface area contributed by atoms with Gasteiger partial charge in [-0.2, -0.15) is 0 Å². The molecule has 1 aliphatic heterocycles. The van der Waals surface area contributed by atoms with Crippen LogP contribution >= 0.6 is 0 Å². The van der Waals surface area contributed by atoms with Gasteiger partial charge >= 0.3 is 0 Å². The van der Waals surface area contributed by atoms with Gasteiger partial charge in [-0.15, -0.1) is 0 Å². The molecule has 26 heavy (non-hydrogen) atoms. The number of nitrogens with one attached hydrogen (secondary N) is 2. The van der Waals surface area contributed by atoms with Gasteiger partial charge in [0.15, 0.2) is 5.96 Å². The van der Waals surface area contributed by atoms with Crippen molar-refractivity contribution < 1.29 is 14.6 Å². The van der Waals surface area contributed by atoms with Crippen molar-refractivity contribution in [1.82, 2.24) is 20.4 Å². The summed E-state index contributed by atoms with van der Waals surface area (Å²) in [6.07, 6.45) is 1.39. The predicted molar refractivity (Wildman–Crippen MR) is 104 cm³/mol. The van der Waals surface area contributed by atoms with Gasteiger partial charge in [-0.1, -0.05) is 13.8 Å². The Kier molecular flexibility index (Phi) is 10.5. The number of rotatable bonds is 10. The van der Waals surface area contributed by atoms with E-state index in [-0.39, 0.29) is 5.91 Å². The molecule has 152 valence electrons. The van der Waals surface area contributed by atoms with Crippen LogP contribution in [-0.4, -0.2) is 98.4 Å². The number of carbonyl (C=O) groups is 1. The zero-order valence-corrected chi connectivity index (χ0v) is 16.9. The van der Waals surface area contributed by atoms with Crippen LogP contribution in [0.5, 0.6) is 0 Å². The largest absolute Gasteiger partial charge is 0.388 e. The normalized spacial score (nSPS) is 16.7. The second kappa shape index (κ2) is 12.1. The monoisotopic (exact) mass is 371 g/mol. The van der Waals surface area contributed by atoms with E-state index in [1.165, 1.54) is 0 Å². The van der Waals surface area contributed by atoms with Gasteiger partial charge in [0.05, 0.1) is 25.3 Å². The smallest absolute Gasteiger partial charge is 0.234 e. The van der Waals surface area contributed by atoms with Crippen molar-refractivity contribution in [3.63, 3.8) is 0 Å². The van der Waals surface area contributed by atoms with Crippen LogP contribution < -0.4 is 10.6 Å². The summed E-state index contributed by atoms with van der Waals surface area (Å²) in [6.45, 7) is 12.0. The van der Waals surface area contributed by atoms with E-state index in [2.05, 4.69) is 25.4 Å². The highest BCUT2D eigenvalue weighted by atomic mass is 16.5. The van der Waals surface area contributed by atoms with Gasteiger partial charge in [0, 0.05) is 46.4 Å². The Labute approximate surface area is 158 Å². The van der Waals surface area contributed by atoms with Crippen LogP contribution in [0.4, 0.5) is 0 Å². The third-order valence-corrected chi connectivity index (χ3v) is 4.84. The second-order valence-electron chi connectivity index (χ2n) is 6.71. The standard InChI is InChI=1S/C18H37N5O3/c1-5-18(25,6-2)15-21-17(19-7-3)23-11-9-22(10-12-23)14-16(24)20-8-13-26-4/h25H,5-15H2,1-4H3,(H,19,21)(H,20,24). The molecular formula is C18H37N5O3. The summed E-state index contributed by atoms with van der Waals surface area (Å²) in [4.78, 5) is 20.9. The number of piperazine rings is 1. The van der Waals surface area contributed by atoms with E-state index >= 15 is 0 Å². The summed E-state index contributed by atoms with van der Waals surface area (Å²) in [7, 11) is 1.62. The van der Waals surface area contributed by atoms with Crippen molar-refractivity contribution >= 4 is 11.9 Å². The average Bonchev–Trinajstić information content (AvgIpc) is 2.66. The highest BCUT2D eigenvalue weighted by Gasteiger charge is 2.24. The van der Waals surface area contributed by atoms with Gasteiger partial charge in [0.1, 0.15) is 0 Å². The molecule has 0 radical (unpaired) electrons. The lowest BCUT2D eigenvalue weighted by molar-refractivity contribution is -0.122. The molecule has 0 aromatic carbocycles. The Morgan fingerprint density at radius 2 is 1.81 bits per heavy atom. The molecular weight excluding hydrogens is 334 g/mol. The summed E-state index contributed by atoms with van der Waals surface area (Å²) in [5.41, 5.74) is -0.733. The highest BCUT2D eigenvalue weighted by Crippen LogP contribution is 2.15. The lowest BCUT2D eigenvalue weighted by Crippen LogP contribution is -2.54. The zero-order valence-electron chi connectivity index (χ0n) is 16.9. The molecule has 3 N–H and O–H groups in total. The molecule has 0 aromatic heterocycles. The van der Waals surface area contributed by atoms with Crippen LogP contribution in [-0.2, 0) is 9.53 Å². The maximum atomic E-state index is 11.9.